The average molecular weight is 368 g/mol. The van der Waals surface area contributed by atoms with Gasteiger partial charge in [0.25, 0.3) is 0 Å². The van der Waals surface area contributed by atoms with Crippen LogP contribution in [0.1, 0.15) is 13.8 Å². The quantitative estimate of drug-likeness (QED) is 0.388. The lowest BCUT2D eigenvalue weighted by molar-refractivity contribution is 0.589. The summed E-state index contributed by atoms with van der Waals surface area (Å²) in [6, 6.07) is 28.8. The van der Waals surface area contributed by atoms with Crippen molar-refractivity contribution in [2.75, 3.05) is 18.0 Å². The molecule has 0 aliphatic carbocycles. The maximum absolute atomic E-state index is 6.24. The molecule has 0 fully saturated rings. The summed E-state index contributed by atoms with van der Waals surface area (Å²) in [6.45, 7) is 6.34. The van der Waals surface area contributed by atoms with E-state index in [0.717, 1.165) is 41.2 Å². The molecule has 28 heavy (non-hydrogen) atoms. The minimum Gasteiger partial charge on any atom is -0.435 e. The van der Waals surface area contributed by atoms with Gasteiger partial charge in [0.2, 0.25) is 5.89 Å². The Morgan fingerprint density at radius 3 is 1.82 bits per heavy atom. The fourth-order valence-electron chi connectivity index (χ4n) is 3.42. The second-order valence-corrected chi connectivity index (χ2v) is 6.65. The van der Waals surface area contributed by atoms with Gasteiger partial charge in [-0.3, -0.25) is 0 Å². The molecule has 0 unspecified atom stereocenters. The molecular formula is C25H24N2O. The van der Waals surface area contributed by atoms with Crippen LogP contribution >= 0.6 is 0 Å². The second-order valence-electron chi connectivity index (χ2n) is 6.65. The fraction of sp³-hybridized carbons (Fsp3) is 0.160. The van der Waals surface area contributed by atoms with E-state index in [1.807, 2.05) is 48.5 Å². The van der Waals surface area contributed by atoms with Crippen LogP contribution in [0.25, 0.3) is 34.0 Å². The van der Waals surface area contributed by atoms with E-state index in [1.165, 1.54) is 5.69 Å². The van der Waals surface area contributed by atoms with Gasteiger partial charge in [-0.1, -0.05) is 60.7 Å². The van der Waals surface area contributed by atoms with E-state index in [1.54, 1.807) is 0 Å². The Bertz CT molecular complexity index is 1020. The minimum atomic E-state index is 0.641. The van der Waals surface area contributed by atoms with Crippen molar-refractivity contribution >= 4 is 5.69 Å². The number of hydrogen-bond donors (Lipinski definition) is 0. The molecule has 0 spiro atoms. The number of oxazole rings is 1. The Morgan fingerprint density at radius 2 is 1.25 bits per heavy atom. The predicted molar refractivity (Wildman–Crippen MR) is 116 cm³/mol. The average Bonchev–Trinajstić information content (AvgIpc) is 3.22. The van der Waals surface area contributed by atoms with Crippen molar-refractivity contribution in [1.29, 1.82) is 0 Å². The van der Waals surface area contributed by atoms with Gasteiger partial charge < -0.3 is 9.32 Å². The standard InChI is InChI=1S/C25H24N2O/c1-3-27(4-2)22-17-15-19(16-18-22)23-24(20-11-7-5-8-12-20)28-25(26-23)21-13-9-6-10-14-21/h5-18H,3-4H2,1-2H3. The van der Waals surface area contributed by atoms with Crippen molar-refractivity contribution in [1.82, 2.24) is 4.98 Å². The molecule has 0 aliphatic heterocycles. The van der Waals surface area contributed by atoms with Crippen LogP contribution < -0.4 is 4.90 Å². The highest BCUT2D eigenvalue weighted by atomic mass is 16.4. The van der Waals surface area contributed by atoms with Crippen molar-refractivity contribution in [2.45, 2.75) is 13.8 Å². The number of aromatic nitrogens is 1. The topological polar surface area (TPSA) is 29.3 Å². The van der Waals surface area contributed by atoms with E-state index < -0.39 is 0 Å². The molecule has 140 valence electrons. The maximum Gasteiger partial charge on any atom is 0.227 e. The monoisotopic (exact) mass is 368 g/mol. The molecule has 0 saturated carbocycles. The minimum absolute atomic E-state index is 0.641. The van der Waals surface area contributed by atoms with Gasteiger partial charge in [0.05, 0.1) is 0 Å². The summed E-state index contributed by atoms with van der Waals surface area (Å²) in [5, 5.41) is 0. The molecule has 0 radical (unpaired) electrons. The molecule has 0 atom stereocenters. The molecule has 4 rings (SSSR count). The van der Waals surface area contributed by atoms with Gasteiger partial charge in [-0.2, -0.15) is 0 Å². The van der Waals surface area contributed by atoms with Crippen molar-refractivity contribution in [3.8, 4) is 34.0 Å². The largest absolute Gasteiger partial charge is 0.435 e. The van der Waals surface area contributed by atoms with Gasteiger partial charge in [-0.05, 0) is 38.1 Å². The molecule has 0 saturated heterocycles. The van der Waals surface area contributed by atoms with Crippen LogP contribution in [0.15, 0.2) is 89.3 Å². The lowest BCUT2D eigenvalue weighted by atomic mass is 10.1. The van der Waals surface area contributed by atoms with Crippen LogP contribution in [0.2, 0.25) is 0 Å². The van der Waals surface area contributed by atoms with Gasteiger partial charge >= 0.3 is 0 Å². The Morgan fingerprint density at radius 1 is 0.679 bits per heavy atom. The van der Waals surface area contributed by atoms with Gasteiger partial charge in [-0.25, -0.2) is 4.98 Å². The Hall–Kier alpha value is -3.33. The summed E-state index contributed by atoms with van der Waals surface area (Å²) >= 11 is 0. The van der Waals surface area contributed by atoms with E-state index in [-0.39, 0.29) is 0 Å². The third kappa shape index (κ3) is 3.56. The number of nitrogens with zero attached hydrogens (tertiary/aromatic N) is 2. The van der Waals surface area contributed by atoms with Gasteiger partial charge in [-0.15, -0.1) is 0 Å². The van der Waals surface area contributed by atoms with Crippen molar-refractivity contribution < 1.29 is 4.42 Å². The third-order valence-corrected chi connectivity index (χ3v) is 4.95. The molecule has 1 heterocycles. The van der Waals surface area contributed by atoms with Crippen LogP contribution in [-0.4, -0.2) is 18.1 Å². The molecule has 0 aliphatic rings. The lowest BCUT2D eigenvalue weighted by Crippen LogP contribution is -2.21. The maximum atomic E-state index is 6.24. The molecular weight excluding hydrogens is 344 g/mol. The van der Waals surface area contributed by atoms with Crippen molar-refractivity contribution in [3.05, 3.63) is 84.9 Å². The van der Waals surface area contributed by atoms with E-state index >= 15 is 0 Å². The molecule has 0 N–H and O–H groups in total. The first kappa shape index (κ1) is 18.1. The first-order chi connectivity index (χ1) is 13.8. The second kappa shape index (κ2) is 8.13. The highest BCUT2D eigenvalue weighted by Gasteiger charge is 2.18. The Kier molecular flexibility index (Phi) is 5.24. The lowest BCUT2D eigenvalue weighted by Gasteiger charge is -2.21. The summed E-state index contributed by atoms with van der Waals surface area (Å²) < 4.78 is 6.24. The van der Waals surface area contributed by atoms with Crippen molar-refractivity contribution in [3.63, 3.8) is 0 Å². The van der Waals surface area contributed by atoms with E-state index in [4.69, 9.17) is 9.40 Å². The van der Waals surface area contributed by atoms with Gasteiger partial charge in [0.15, 0.2) is 5.76 Å². The molecule has 3 nitrogen and oxygen atoms in total. The van der Waals surface area contributed by atoms with E-state index in [0.29, 0.717) is 5.89 Å². The molecule has 0 amide bonds. The highest BCUT2D eigenvalue weighted by molar-refractivity contribution is 5.79. The molecule has 1 aromatic heterocycles. The third-order valence-electron chi connectivity index (χ3n) is 4.95. The van der Waals surface area contributed by atoms with Crippen LogP contribution in [0, 0.1) is 0 Å². The smallest absolute Gasteiger partial charge is 0.227 e. The van der Waals surface area contributed by atoms with E-state index in [9.17, 15) is 0 Å². The Balaban J connectivity index is 1.80. The first-order valence-corrected chi connectivity index (χ1v) is 9.77. The predicted octanol–water partition coefficient (Wildman–Crippen LogP) is 6.52. The summed E-state index contributed by atoms with van der Waals surface area (Å²) in [5.74, 6) is 1.44. The van der Waals surface area contributed by atoms with E-state index in [2.05, 4.69) is 55.1 Å². The van der Waals surface area contributed by atoms with Gasteiger partial charge in [0, 0.05) is 35.5 Å². The number of rotatable bonds is 6. The zero-order chi connectivity index (χ0) is 19.3. The van der Waals surface area contributed by atoms with Crippen LogP contribution in [0.5, 0.6) is 0 Å². The zero-order valence-electron chi connectivity index (χ0n) is 16.3. The normalized spacial score (nSPS) is 10.8. The number of hydrogen-bond acceptors (Lipinski definition) is 3. The zero-order valence-corrected chi connectivity index (χ0v) is 16.3. The molecule has 4 aromatic rings. The molecule has 3 heteroatoms. The summed E-state index contributed by atoms with van der Waals surface area (Å²) in [5.41, 5.74) is 5.16. The number of anilines is 1. The van der Waals surface area contributed by atoms with Crippen LogP contribution in [0.4, 0.5) is 5.69 Å². The van der Waals surface area contributed by atoms with Gasteiger partial charge in [0.1, 0.15) is 5.69 Å². The highest BCUT2D eigenvalue weighted by Crippen LogP contribution is 2.36. The van der Waals surface area contributed by atoms with Crippen molar-refractivity contribution in [2.24, 2.45) is 0 Å². The van der Waals surface area contributed by atoms with Crippen LogP contribution in [0.3, 0.4) is 0 Å². The fourth-order valence-corrected chi connectivity index (χ4v) is 3.42. The SMILES string of the molecule is CCN(CC)c1ccc(-c2nc(-c3ccccc3)oc2-c2ccccc2)cc1. The summed E-state index contributed by atoms with van der Waals surface area (Å²) in [6.07, 6.45) is 0. The number of benzene rings is 3. The Labute approximate surface area is 166 Å². The summed E-state index contributed by atoms with van der Waals surface area (Å²) in [7, 11) is 0. The summed E-state index contributed by atoms with van der Waals surface area (Å²) in [4.78, 5) is 7.20. The first-order valence-electron chi connectivity index (χ1n) is 9.77. The molecule has 0 bridgehead atoms. The van der Waals surface area contributed by atoms with Crippen LogP contribution in [-0.2, 0) is 0 Å². The molecule has 3 aromatic carbocycles.